The van der Waals surface area contributed by atoms with Crippen molar-refractivity contribution >= 4 is 12.2 Å². The van der Waals surface area contributed by atoms with E-state index in [2.05, 4.69) is 5.10 Å². The SMILES string of the molecule is CCOC(=O)n1ncc2c1CN(C(=O)OC(C)(C)C)C2. The third-order valence-corrected chi connectivity index (χ3v) is 2.75. The van der Waals surface area contributed by atoms with Crippen LogP contribution < -0.4 is 0 Å². The normalized spacial score (nSPS) is 14.1. The zero-order chi connectivity index (χ0) is 14.9. The molecule has 1 aromatic rings. The number of fused-ring (bicyclic) bond motifs is 1. The number of carbonyl (C=O) groups excluding carboxylic acids is 2. The first kappa shape index (κ1) is 14.4. The molecule has 1 aliphatic rings. The molecule has 0 atom stereocenters. The molecule has 0 fully saturated rings. The molecule has 0 radical (unpaired) electrons. The summed E-state index contributed by atoms with van der Waals surface area (Å²) in [6.45, 7) is 8.14. The van der Waals surface area contributed by atoms with Gasteiger partial charge < -0.3 is 9.47 Å². The zero-order valence-electron chi connectivity index (χ0n) is 12.2. The number of carbonyl (C=O) groups is 2. The topological polar surface area (TPSA) is 73.7 Å². The lowest BCUT2D eigenvalue weighted by Gasteiger charge is -2.24. The van der Waals surface area contributed by atoms with Crippen molar-refractivity contribution in [2.75, 3.05) is 6.61 Å². The first-order valence-electron chi connectivity index (χ1n) is 6.52. The summed E-state index contributed by atoms with van der Waals surface area (Å²) >= 11 is 0. The molecule has 7 nitrogen and oxygen atoms in total. The summed E-state index contributed by atoms with van der Waals surface area (Å²) in [5.74, 6) is 0. The van der Waals surface area contributed by atoms with Crippen LogP contribution in [0.25, 0.3) is 0 Å². The van der Waals surface area contributed by atoms with Gasteiger partial charge in [-0.25, -0.2) is 9.59 Å². The molecule has 110 valence electrons. The van der Waals surface area contributed by atoms with Gasteiger partial charge in [0.2, 0.25) is 0 Å². The molecule has 0 spiro atoms. The van der Waals surface area contributed by atoms with Crippen molar-refractivity contribution in [2.45, 2.75) is 46.4 Å². The monoisotopic (exact) mass is 281 g/mol. The summed E-state index contributed by atoms with van der Waals surface area (Å²) < 4.78 is 11.4. The number of hydrogen-bond donors (Lipinski definition) is 0. The van der Waals surface area contributed by atoms with E-state index in [-0.39, 0.29) is 6.61 Å². The number of aromatic nitrogens is 2. The fraction of sp³-hybridized carbons (Fsp3) is 0.615. The zero-order valence-corrected chi connectivity index (χ0v) is 12.2. The molecule has 1 aromatic heterocycles. The van der Waals surface area contributed by atoms with Crippen molar-refractivity contribution in [3.8, 4) is 0 Å². The average molecular weight is 281 g/mol. The van der Waals surface area contributed by atoms with Crippen LogP contribution in [0.4, 0.5) is 9.59 Å². The van der Waals surface area contributed by atoms with Crippen LogP contribution in [-0.4, -0.2) is 39.1 Å². The smallest absolute Gasteiger partial charge is 0.434 e. The molecule has 0 aromatic carbocycles. The van der Waals surface area contributed by atoms with Crippen LogP contribution >= 0.6 is 0 Å². The number of rotatable bonds is 1. The molecule has 1 aliphatic heterocycles. The maximum absolute atomic E-state index is 12.0. The second-order valence-corrected chi connectivity index (χ2v) is 5.56. The minimum Gasteiger partial charge on any atom is -0.448 e. The standard InChI is InChI=1S/C13H19N3O4/c1-5-19-12(18)16-10-8-15(7-9(10)6-14-16)11(17)20-13(2,3)4/h6H,5,7-8H2,1-4H3. The highest BCUT2D eigenvalue weighted by Crippen LogP contribution is 2.24. The molecule has 1 amide bonds. The number of ether oxygens (including phenoxy) is 2. The first-order chi connectivity index (χ1) is 9.31. The Labute approximate surface area is 117 Å². The Morgan fingerprint density at radius 2 is 2.00 bits per heavy atom. The van der Waals surface area contributed by atoms with Crippen LogP contribution in [0.5, 0.6) is 0 Å². The van der Waals surface area contributed by atoms with E-state index in [9.17, 15) is 9.59 Å². The summed E-state index contributed by atoms with van der Waals surface area (Å²) in [5, 5.41) is 3.99. The molecule has 0 unspecified atom stereocenters. The lowest BCUT2D eigenvalue weighted by molar-refractivity contribution is 0.0237. The number of hydrogen-bond acceptors (Lipinski definition) is 5. The molecule has 0 saturated heterocycles. The lowest BCUT2D eigenvalue weighted by Crippen LogP contribution is -2.34. The first-order valence-corrected chi connectivity index (χ1v) is 6.52. The van der Waals surface area contributed by atoms with Gasteiger partial charge >= 0.3 is 12.2 Å². The highest BCUT2D eigenvalue weighted by Gasteiger charge is 2.32. The molecule has 0 saturated carbocycles. The minimum absolute atomic E-state index is 0.281. The van der Waals surface area contributed by atoms with E-state index in [0.717, 1.165) is 5.56 Å². The highest BCUT2D eigenvalue weighted by molar-refractivity contribution is 5.73. The molecule has 7 heteroatoms. The van der Waals surface area contributed by atoms with Crippen molar-refractivity contribution < 1.29 is 19.1 Å². The highest BCUT2D eigenvalue weighted by atomic mass is 16.6. The third kappa shape index (κ3) is 2.92. The molecular weight excluding hydrogens is 262 g/mol. The van der Waals surface area contributed by atoms with Gasteiger partial charge in [-0.3, -0.25) is 4.90 Å². The van der Waals surface area contributed by atoms with E-state index in [0.29, 0.717) is 18.8 Å². The van der Waals surface area contributed by atoms with Crippen LogP contribution in [0.2, 0.25) is 0 Å². The van der Waals surface area contributed by atoms with Gasteiger partial charge in [0.05, 0.1) is 31.6 Å². The van der Waals surface area contributed by atoms with Crippen LogP contribution in [0.3, 0.4) is 0 Å². The fourth-order valence-corrected chi connectivity index (χ4v) is 1.95. The van der Waals surface area contributed by atoms with Crippen molar-refractivity contribution in [3.05, 3.63) is 17.5 Å². The Kier molecular flexibility index (Phi) is 3.69. The number of nitrogens with zero attached hydrogens (tertiary/aromatic N) is 3. The van der Waals surface area contributed by atoms with E-state index in [1.807, 2.05) is 20.8 Å². The van der Waals surface area contributed by atoms with Crippen LogP contribution in [0, 0.1) is 0 Å². The fourth-order valence-electron chi connectivity index (χ4n) is 1.95. The Morgan fingerprint density at radius 1 is 1.30 bits per heavy atom. The van der Waals surface area contributed by atoms with Crippen LogP contribution in [-0.2, 0) is 22.6 Å². The molecule has 0 aliphatic carbocycles. The third-order valence-electron chi connectivity index (χ3n) is 2.75. The second kappa shape index (κ2) is 5.15. The molecule has 20 heavy (non-hydrogen) atoms. The van der Waals surface area contributed by atoms with Gasteiger partial charge in [0.25, 0.3) is 0 Å². The lowest BCUT2D eigenvalue weighted by atomic mass is 10.2. The largest absolute Gasteiger partial charge is 0.448 e. The Morgan fingerprint density at radius 3 is 2.60 bits per heavy atom. The van der Waals surface area contributed by atoms with Gasteiger partial charge in [0, 0.05) is 5.56 Å². The summed E-state index contributed by atoms with van der Waals surface area (Å²) in [6.07, 6.45) is 0.653. The second-order valence-electron chi connectivity index (χ2n) is 5.56. The van der Waals surface area contributed by atoms with E-state index in [1.165, 1.54) is 9.58 Å². The van der Waals surface area contributed by atoms with Gasteiger partial charge in [-0.15, -0.1) is 0 Å². The van der Waals surface area contributed by atoms with Crippen LogP contribution in [0.1, 0.15) is 39.0 Å². The van der Waals surface area contributed by atoms with Crippen molar-refractivity contribution in [2.24, 2.45) is 0 Å². The Balaban J connectivity index is 2.08. The average Bonchev–Trinajstić information content (AvgIpc) is 2.85. The van der Waals surface area contributed by atoms with E-state index < -0.39 is 17.8 Å². The number of amides is 1. The van der Waals surface area contributed by atoms with Crippen molar-refractivity contribution in [1.29, 1.82) is 0 Å². The summed E-state index contributed by atoms with van der Waals surface area (Å²) in [6, 6.07) is 0. The van der Waals surface area contributed by atoms with E-state index >= 15 is 0 Å². The van der Waals surface area contributed by atoms with Crippen LogP contribution in [0.15, 0.2) is 6.20 Å². The Hall–Kier alpha value is -2.05. The van der Waals surface area contributed by atoms with Gasteiger partial charge in [-0.1, -0.05) is 0 Å². The quantitative estimate of drug-likeness (QED) is 0.788. The maximum atomic E-state index is 12.0. The Bertz CT molecular complexity index is 530. The molecule has 0 N–H and O–H groups in total. The summed E-state index contributed by atoms with van der Waals surface area (Å²) in [4.78, 5) is 25.2. The van der Waals surface area contributed by atoms with Gasteiger partial charge in [-0.2, -0.15) is 9.78 Å². The predicted octanol–water partition coefficient (Wildman–Crippen LogP) is 2.14. The summed E-state index contributed by atoms with van der Waals surface area (Å²) in [7, 11) is 0. The van der Waals surface area contributed by atoms with Gasteiger partial charge in [0.1, 0.15) is 5.60 Å². The van der Waals surface area contributed by atoms with E-state index in [1.54, 1.807) is 13.1 Å². The van der Waals surface area contributed by atoms with Gasteiger partial charge in [-0.05, 0) is 27.7 Å². The van der Waals surface area contributed by atoms with Crippen molar-refractivity contribution in [3.63, 3.8) is 0 Å². The molecule has 2 heterocycles. The predicted molar refractivity (Wildman–Crippen MR) is 70.1 cm³/mol. The maximum Gasteiger partial charge on any atom is 0.434 e. The van der Waals surface area contributed by atoms with Gasteiger partial charge in [0.15, 0.2) is 0 Å². The molecular formula is C13H19N3O4. The summed E-state index contributed by atoms with van der Waals surface area (Å²) in [5.41, 5.74) is 0.970. The minimum atomic E-state index is -0.543. The van der Waals surface area contributed by atoms with Crippen molar-refractivity contribution in [1.82, 2.24) is 14.7 Å². The van der Waals surface area contributed by atoms with E-state index in [4.69, 9.17) is 9.47 Å². The molecule has 2 rings (SSSR count). The molecule has 0 bridgehead atoms.